The van der Waals surface area contributed by atoms with Crippen LogP contribution < -0.4 is 10.6 Å². The molecule has 3 N–H and O–H groups in total. The van der Waals surface area contributed by atoms with E-state index in [1.807, 2.05) is 60.7 Å². The summed E-state index contributed by atoms with van der Waals surface area (Å²) in [5.41, 5.74) is 7.64. The summed E-state index contributed by atoms with van der Waals surface area (Å²) in [6.45, 7) is 0. The van der Waals surface area contributed by atoms with Crippen LogP contribution in [0.4, 0.5) is 11.9 Å². The number of hydrogen-bond donors (Lipinski definition) is 3. The van der Waals surface area contributed by atoms with Crippen LogP contribution in [0.3, 0.4) is 0 Å². The topological polar surface area (TPSA) is 191 Å². The van der Waals surface area contributed by atoms with Crippen molar-refractivity contribution in [3.8, 4) is 33.9 Å². The van der Waals surface area contributed by atoms with E-state index in [4.69, 9.17) is 50.0 Å². The molecular weight excluding hydrogens is 920 g/mol. The highest BCUT2D eigenvalue weighted by molar-refractivity contribution is 7.52. The summed E-state index contributed by atoms with van der Waals surface area (Å²) in [6, 6.07) is 37.2. The molecule has 2 aliphatic rings. The quantitative estimate of drug-likeness (QED) is 0.131. The lowest BCUT2D eigenvalue weighted by Crippen LogP contribution is -2.30. The first-order chi connectivity index (χ1) is 32.2. The lowest BCUT2D eigenvalue weighted by molar-refractivity contribution is -0.120. The highest BCUT2D eigenvalue weighted by atomic mass is 35.5. The van der Waals surface area contributed by atoms with Crippen molar-refractivity contribution in [2.24, 2.45) is 0 Å². The van der Waals surface area contributed by atoms with Crippen LogP contribution in [-0.2, 0) is 27.9 Å². The summed E-state index contributed by atoms with van der Waals surface area (Å²) in [5, 5.41) is 19.8. The molecule has 0 aliphatic heterocycles. The summed E-state index contributed by atoms with van der Waals surface area (Å²) in [5.74, 6) is 1.34. The lowest BCUT2D eigenvalue weighted by atomic mass is 9.93. The summed E-state index contributed by atoms with van der Waals surface area (Å²) in [7, 11) is 0. The fraction of sp³-hybridized carbons (Fsp3) is 0.229. The summed E-state index contributed by atoms with van der Waals surface area (Å²) < 4.78 is 37.5. The fourth-order valence-electron chi connectivity index (χ4n) is 8.40. The van der Waals surface area contributed by atoms with Crippen molar-refractivity contribution in [3.63, 3.8) is 0 Å². The average molecular weight is 964 g/mol. The molecule has 3 atom stereocenters. The molecule has 8 aromatic rings. The van der Waals surface area contributed by atoms with Crippen LogP contribution in [0.25, 0.3) is 55.7 Å². The number of carbonyl (C=O) groups excluding carboxylic acids is 1. The number of rotatable bonds is 8. The van der Waals surface area contributed by atoms with E-state index in [0.29, 0.717) is 58.4 Å². The summed E-state index contributed by atoms with van der Waals surface area (Å²) in [6.07, 6.45) is 13.8. The van der Waals surface area contributed by atoms with Gasteiger partial charge in [-0.2, -0.15) is 16.8 Å². The number of fused-ring (bicyclic) bond motifs is 2. The largest absolute Gasteiger partial charge is 0.393 e. The van der Waals surface area contributed by atoms with Crippen molar-refractivity contribution in [1.29, 1.82) is 0 Å². The van der Waals surface area contributed by atoms with Gasteiger partial charge < -0.3 is 24.9 Å². The van der Waals surface area contributed by atoms with Gasteiger partial charge in [0, 0.05) is 70.6 Å². The minimum Gasteiger partial charge on any atom is -0.393 e. The number of anilines is 2. The van der Waals surface area contributed by atoms with Gasteiger partial charge in [0.15, 0.2) is 0 Å². The van der Waals surface area contributed by atoms with Gasteiger partial charge in [-0.1, -0.05) is 96.0 Å². The molecule has 10 rings (SSSR count). The van der Waals surface area contributed by atoms with Crippen LogP contribution in [0.5, 0.6) is 0 Å². The molecule has 4 aromatic carbocycles. The van der Waals surface area contributed by atoms with Gasteiger partial charge in [0.05, 0.1) is 51.0 Å². The average Bonchev–Trinajstić information content (AvgIpc) is 3.91. The highest BCUT2D eigenvalue weighted by Gasteiger charge is 2.24. The standard InChI is InChI=1S/C24H23ClN4O.C24H21ClN4O.2O2S/c2*25-21-14-26-24(27-16-7-6-10-18(30)13-16)28-23(21)20-15-29(17-8-2-1-3-9-17)22-12-5-4-11-19(20)22;2*1-3-2/h1-5,8-9,11-12,14-16,18,30H,6-7,10,13H2,(H,26,27,28);1-5,8-9,11-12,14-16H,6-7,10,13H2,(H,26,27,28);;/t16-,18-;16-;;/m11../s1. The van der Waals surface area contributed by atoms with Crippen LogP contribution in [-0.4, -0.2) is 75.0 Å². The predicted octanol–water partition coefficient (Wildman–Crippen LogP) is 9.78. The van der Waals surface area contributed by atoms with E-state index in [1.54, 1.807) is 12.4 Å². The van der Waals surface area contributed by atoms with Gasteiger partial charge in [0.1, 0.15) is 5.78 Å². The molecule has 18 heteroatoms. The molecule has 2 aliphatic carbocycles. The number of halogens is 2. The Hall–Kier alpha value is -6.43. The predicted molar refractivity (Wildman–Crippen MR) is 259 cm³/mol. The second kappa shape index (κ2) is 23.2. The third-order valence-electron chi connectivity index (χ3n) is 11.3. The van der Waals surface area contributed by atoms with Gasteiger partial charge in [-0.25, -0.2) is 19.9 Å². The van der Waals surface area contributed by atoms with Crippen molar-refractivity contribution in [1.82, 2.24) is 29.1 Å². The molecule has 66 heavy (non-hydrogen) atoms. The molecule has 4 aromatic heterocycles. The van der Waals surface area contributed by atoms with Crippen molar-refractivity contribution < 1.29 is 26.7 Å². The molecule has 0 unspecified atom stereocenters. The normalized spacial score (nSPS) is 16.7. The van der Waals surface area contributed by atoms with Gasteiger partial charge >= 0.3 is 23.1 Å². The van der Waals surface area contributed by atoms with Crippen LogP contribution in [0.2, 0.25) is 10.0 Å². The first kappa shape index (κ1) is 47.5. The molecule has 338 valence electrons. The Morgan fingerprint density at radius 3 is 1.50 bits per heavy atom. The molecule has 14 nitrogen and oxygen atoms in total. The molecule has 4 heterocycles. The zero-order chi connectivity index (χ0) is 46.4. The summed E-state index contributed by atoms with van der Waals surface area (Å²) >= 11 is 11.6. The maximum atomic E-state index is 11.8. The number of aliphatic hydroxyl groups is 1. The first-order valence-corrected chi connectivity index (χ1v) is 23.2. The zero-order valence-corrected chi connectivity index (χ0v) is 38.5. The van der Waals surface area contributed by atoms with Gasteiger partial charge in [-0.3, -0.25) is 4.79 Å². The smallest absolute Gasteiger partial charge is 0.335 e. The number of aliphatic hydroxyl groups excluding tert-OH is 1. The van der Waals surface area contributed by atoms with Crippen LogP contribution in [0.1, 0.15) is 51.4 Å². The van der Waals surface area contributed by atoms with E-state index in [1.165, 1.54) is 0 Å². The highest BCUT2D eigenvalue weighted by Crippen LogP contribution is 2.37. The number of nitrogens with zero attached hydrogens (tertiary/aromatic N) is 6. The van der Waals surface area contributed by atoms with Gasteiger partial charge in [-0.05, 0) is 74.9 Å². The molecule has 0 spiro atoms. The SMILES string of the molecule is O=C1CCC[C@@H](Nc2ncc(Cl)c(-c3cn(-c4ccccc4)c4ccccc34)n2)C1.O=S=O.O=S=O.O[C@@H]1CCC[C@@H](Nc2ncc(Cl)c(-c3cn(-c4ccccc4)c4ccccc34)n2)C1. The third-order valence-corrected chi connectivity index (χ3v) is 11.8. The minimum absolute atomic E-state index is 0.0749. The van der Waals surface area contributed by atoms with Crippen LogP contribution in [0.15, 0.2) is 134 Å². The first-order valence-electron chi connectivity index (χ1n) is 21.1. The number of hydrogen-bond acceptors (Lipinski definition) is 12. The van der Waals surface area contributed by atoms with Crippen molar-refractivity contribution in [2.45, 2.75) is 69.6 Å². The van der Waals surface area contributed by atoms with Gasteiger partial charge in [0.25, 0.3) is 0 Å². The molecular formula is C48H44Cl2N8O6S2. The third kappa shape index (κ3) is 11.7. The van der Waals surface area contributed by atoms with Crippen molar-refractivity contribution >= 4 is 85.8 Å². The van der Waals surface area contributed by atoms with Crippen molar-refractivity contribution in [3.05, 3.63) is 144 Å². The number of para-hydroxylation sites is 4. The minimum atomic E-state index is -0.750. The van der Waals surface area contributed by atoms with Gasteiger partial charge in [-0.15, -0.1) is 0 Å². The molecule has 2 saturated carbocycles. The molecule has 0 bridgehead atoms. The Morgan fingerprint density at radius 2 is 1.03 bits per heavy atom. The second-order valence-electron chi connectivity index (χ2n) is 15.6. The Labute approximate surface area is 397 Å². The van der Waals surface area contributed by atoms with E-state index in [-0.39, 0.29) is 18.2 Å². The summed E-state index contributed by atoms with van der Waals surface area (Å²) in [4.78, 5) is 30.0. The van der Waals surface area contributed by atoms with E-state index in [0.717, 1.165) is 76.4 Å². The molecule has 0 saturated heterocycles. The lowest BCUT2D eigenvalue weighted by Gasteiger charge is -2.26. The maximum absolute atomic E-state index is 11.8. The van der Waals surface area contributed by atoms with Crippen LogP contribution in [0, 0.1) is 0 Å². The number of ketones is 1. The number of benzene rings is 4. The Balaban J connectivity index is 0.000000176. The van der Waals surface area contributed by atoms with E-state index < -0.39 is 23.1 Å². The Bertz CT molecular complexity index is 2990. The van der Waals surface area contributed by atoms with E-state index >= 15 is 0 Å². The molecule has 0 radical (unpaired) electrons. The Kier molecular flexibility index (Phi) is 16.7. The number of aromatic nitrogens is 6. The van der Waals surface area contributed by atoms with E-state index in [9.17, 15) is 9.90 Å². The number of carbonyl (C=O) groups is 1. The number of nitrogens with one attached hydrogen (secondary N) is 2. The molecule has 2 fully saturated rings. The monoisotopic (exact) mass is 962 g/mol. The fourth-order valence-corrected chi connectivity index (χ4v) is 8.79. The van der Waals surface area contributed by atoms with Crippen molar-refractivity contribution in [2.75, 3.05) is 10.6 Å². The van der Waals surface area contributed by atoms with E-state index in [2.05, 4.69) is 90.7 Å². The zero-order valence-electron chi connectivity index (χ0n) is 35.3. The molecule has 0 amide bonds. The Morgan fingerprint density at radius 1 is 0.591 bits per heavy atom. The number of Topliss-reactive ketones (excluding diaryl/α,β-unsaturated/α-hetero) is 1. The maximum Gasteiger partial charge on any atom is 0.335 e. The van der Waals surface area contributed by atoms with Crippen LogP contribution >= 0.6 is 23.2 Å². The second-order valence-corrected chi connectivity index (χ2v) is 16.7. The van der Waals surface area contributed by atoms with Gasteiger partial charge in [0.2, 0.25) is 11.9 Å².